The van der Waals surface area contributed by atoms with Crippen LogP contribution in [0, 0.1) is 0 Å². The largest absolute Gasteiger partial charge is 0.480 e. The third kappa shape index (κ3) is 5.13. The van der Waals surface area contributed by atoms with E-state index in [-0.39, 0.29) is 27.6 Å². The van der Waals surface area contributed by atoms with Crippen LogP contribution in [0.25, 0.3) is 10.5 Å². The molecule has 1 aliphatic carbocycles. The number of methoxy groups -OCH3 is 1. The number of nitrogens with zero attached hydrogens (tertiary/aromatic N) is 6. The molecule has 1 amide bonds. The van der Waals surface area contributed by atoms with E-state index in [4.69, 9.17) is 9.57 Å². The van der Waals surface area contributed by atoms with E-state index < -0.39 is 15.7 Å². The molecule has 0 spiro atoms. The minimum Gasteiger partial charge on any atom is -0.480 e. The summed E-state index contributed by atoms with van der Waals surface area (Å²) in [6.45, 7) is -0.0689. The maximum atomic E-state index is 13.2. The minimum atomic E-state index is -3.37. The summed E-state index contributed by atoms with van der Waals surface area (Å²) in [5.41, 5.74) is 0.621. The van der Waals surface area contributed by atoms with Gasteiger partial charge in [-0.2, -0.15) is 9.97 Å². The fourth-order valence-electron chi connectivity index (χ4n) is 3.17. The van der Waals surface area contributed by atoms with Crippen LogP contribution in [-0.2, 0) is 26.1 Å². The van der Waals surface area contributed by atoms with Crippen molar-refractivity contribution in [2.24, 2.45) is 5.16 Å². The Labute approximate surface area is 209 Å². The van der Waals surface area contributed by atoms with E-state index in [2.05, 4.69) is 35.4 Å². The lowest BCUT2D eigenvalue weighted by atomic mass is 10.1. The second-order valence-corrected chi connectivity index (χ2v) is 10.9. The zero-order chi connectivity index (χ0) is 25.1. The molecule has 12 nitrogen and oxygen atoms in total. The van der Waals surface area contributed by atoms with Crippen LogP contribution in [0.5, 0.6) is 5.88 Å². The summed E-state index contributed by atoms with van der Waals surface area (Å²) in [5, 5.41) is 6.59. The van der Waals surface area contributed by atoms with Crippen LogP contribution < -0.4 is 10.1 Å². The fourth-order valence-corrected chi connectivity index (χ4v) is 5.61. The fraction of sp³-hybridized carbons (Fsp3) is 0.227. The monoisotopic (exact) mass is 525 g/mol. The Bertz CT molecular complexity index is 1540. The summed E-state index contributed by atoms with van der Waals surface area (Å²) in [6.07, 6.45) is 5.87. The summed E-state index contributed by atoms with van der Waals surface area (Å²) in [4.78, 5) is 40.0. The quantitative estimate of drug-likeness (QED) is 0.254. The molecule has 1 saturated carbocycles. The standard InChI is InChI=1S/C22H19N7O5S2/c1-33-17-11-25-19-21(26-17)35-22(27-19)28-20(30)18(29-34-12-16-23-9-2-10-24-16)13-3-5-14(6-4-13)36(31,32)15-7-8-15/h2-6,9-11,15H,7-8,12H2,1H3,(H,25,27,28,30)/b29-18+. The van der Waals surface area contributed by atoms with Crippen LogP contribution >= 0.6 is 11.3 Å². The lowest BCUT2D eigenvalue weighted by molar-refractivity contribution is -0.110. The predicted octanol–water partition coefficient (Wildman–Crippen LogP) is 2.38. The normalized spacial score (nSPS) is 14.0. The minimum absolute atomic E-state index is 0.0689. The van der Waals surface area contributed by atoms with Gasteiger partial charge in [0.25, 0.3) is 5.91 Å². The molecule has 1 fully saturated rings. The van der Waals surface area contributed by atoms with Crippen LogP contribution in [0.2, 0.25) is 0 Å². The van der Waals surface area contributed by atoms with Gasteiger partial charge in [0.15, 0.2) is 43.6 Å². The number of hydrogen-bond acceptors (Lipinski definition) is 12. The van der Waals surface area contributed by atoms with Crippen LogP contribution in [0.15, 0.2) is 59.0 Å². The summed E-state index contributed by atoms with van der Waals surface area (Å²) in [6, 6.07) is 7.62. The van der Waals surface area contributed by atoms with E-state index in [1.165, 1.54) is 37.6 Å². The van der Waals surface area contributed by atoms with E-state index >= 15 is 0 Å². The molecule has 5 rings (SSSR count). The number of carbonyl (C=O) groups excluding carboxylic acids is 1. The molecule has 0 bridgehead atoms. The number of amides is 1. The number of carbonyl (C=O) groups is 1. The van der Waals surface area contributed by atoms with Crippen molar-refractivity contribution in [3.8, 4) is 5.88 Å². The summed E-state index contributed by atoms with van der Waals surface area (Å²) in [7, 11) is -1.90. The van der Waals surface area contributed by atoms with E-state index in [9.17, 15) is 13.2 Å². The zero-order valence-corrected chi connectivity index (χ0v) is 20.5. The molecule has 1 aliphatic rings. The number of aromatic nitrogens is 5. The molecule has 0 radical (unpaired) electrons. The molecule has 1 N–H and O–H groups in total. The van der Waals surface area contributed by atoms with Gasteiger partial charge in [-0.05, 0) is 31.0 Å². The molecular formula is C22H19N7O5S2. The van der Waals surface area contributed by atoms with Crippen LogP contribution in [0.3, 0.4) is 0 Å². The highest BCUT2D eigenvalue weighted by atomic mass is 32.2. The predicted molar refractivity (Wildman–Crippen MR) is 130 cm³/mol. The first-order valence-corrected chi connectivity index (χ1v) is 13.1. The average Bonchev–Trinajstić information content (AvgIpc) is 3.68. The molecule has 14 heteroatoms. The molecule has 0 atom stereocenters. The van der Waals surface area contributed by atoms with Crippen molar-refractivity contribution in [3.63, 3.8) is 0 Å². The molecule has 36 heavy (non-hydrogen) atoms. The molecule has 3 aromatic heterocycles. The first-order valence-electron chi connectivity index (χ1n) is 10.7. The number of fused-ring (bicyclic) bond motifs is 1. The molecule has 3 heterocycles. The second kappa shape index (κ2) is 9.91. The van der Waals surface area contributed by atoms with Gasteiger partial charge in [-0.3, -0.25) is 10.1 Å². The highest BCUT2D eigenvalue weighted by molar-refractivity contribution is 7.92. The smallest absolute Gasteiger partial charge is 0.280 e. The Balaban J connectivity index is 1.41. The lowest BCUT2D eigenvalue weighted by Crippen LogP contribution is -2.24. The number of rotatable bonds is 9. The van der Waals surface area contributed by atoms with Crippen LogP contribution in [-0.4, -0.2) is 57.3 Å². The number of oxime groups is 1. The van der Waals surface area contributed by atoms with Crippen molar-refractivity contribution < 1.29 is 22.8 Å². The van der Waals surface area contributed by atoms with Crippen molar-refractivity contribution in [1.82, 2.24) is 24.9 Å². The molecule has 184 valence electrons. The Hall–Kier alpha value is -4.04. The molecule has 1 aromatic carbocycles. The Morgan fingerprint density at radius 3 is 2.58 bits per heavy atom. The van der Waals surface area contributed by atoms with Crippen molar-refractivity contribution in [3.05, 3.63) is 60.3 Å². The summed E-state index contributed by atoms with van der Waals surface area (Å²) >= 11 is 1.11. The number of nitrogens with one attached hydrogen (secondary N) is 1. The highest BCUT2D eigenvalue weighted by Crippen LogP contribution is 2.33. The average molecular weight is 526 g/mol. The van der Waals surface area contributed by atoms with Gasteiger partial charge >= 0.3 is 0 Å². The number of ether oxygens (including phenoxy) is 1. The number of benzene rings is 1. The topological polar surface area (TPSA) is 159 Å². The third-order valence-corrected chi connectivity index (χ3v) is 8.27. The maximum Gasteiger partial charge on any atom is 0.280 e. The van der Waals surface area contributed by atoms with Gasteiger partial charge in [0.05, 0.1) is 23.5 Å². The second-order valence-electron chi connectivity index (χ2n) is 7.66. The van der Waals surface area contributed by atoms with E-state index in [1.807, 2.05) is 0 Å². The van der Waals surface area contributed by atoms with Gasteiger partial charge < -0.3 is 9.57 Å². The lowest BCUT2D eigenvalue weighted by Gasteiger charge is -2.08. The van der Waals surface area contributed by atoms with Crippen molar-refractivity contribution >= 4 is 48.4 Å². The van der Waals surface area contributed by atoms with Gasteiger partial charge in [-0.15, -0.1) is 0 Å². The Morgan fingerprint density at radius 2 is 1.89 bits per heavy atom. The maximum absolute atomic E-state index is 13.2. The number of anilines is 1. The zero-order valence-electron chi connectivity index (χ0n) is 18.9. The number of sulfone groups is 1. The number of hydrogen-bond donors (Lipinski definition) is 1. The van der Waals surface area contributed by atoms with Crippen molar-refractivity contribution in [2.75, 3.05) is 12.4 Å². The van der Waals surface area contributed by atoms with Gasteiger partial charge in [0, 0.05) is 18.0 Å². The molecule has 0 aliphatic heterocycles. The highest BCUT2D eigenvalue weighted by Gasteiger charge is 2.36. The molecule has 0 unspecified atom stereocenters. The molecular weight excluding hydrogens is 506 g/mol. The number of thiazole rings is 1. The molecule has 0 saturated heterocycles. The third-order valence-electron chi connectivity index (χ3n) is 5.13. The van der Waals surface area contributed by atoms with Gasteiger partial charge in [-0.1, -0.05) is 28.6 Å². The van der Waals surface area contributed by atoms with Crippen LogP contribution in [0.1, 0.15) is 24.2 Å². The van der Waals surface area contributed by atoms with Crippen molar-refractivity contribution in [2.45, 2.75) is 29.6 Å². The van der Waals surface area contributed by atoms with E-state index in [1.54, 1.807) is 18.5 Å². The summed E-state index contributed by atoms with van der Waals surface area (Å²) in [5.74, 6) is 0.0843. The van der Waals surface area contributed by atoms with E-state index in [0.29, 0.717) is 40.6 Å². The summed E-state index contributed by atoms with van der Waals surface area (Å²) < 4.78 is 30.1. The first kappa shape index (κ1) is 23.7. The Morgan fingerprint density at radius 1 is 1.14 bits per heavy atom. The SMILES string of the molecule is COc1cnc2nc(NC(=O)/C(=N/OCc3ncccn3)c3ccc(S(=O)(=O)C4CC4)cc3)sc2n1. The van der Waals surface area contributed by atoms with Crippen LogP contribution in [0.4, 0.5) is 5.13 Å². The first-order chi connectivity index (χ1) is 17.4. The van der Waals surface area contributed by atoms with Gasteiger partial charge in [0.1, 0.15) is 0 Å². The molecule has 4 aromatic rings. The van der Waals surface area contributed by atoms with Gasteiger partial charge in [0.2, 0.25) is 5.88 Å². The van der Waals surface area contributed by atoms with E-state index in [0.717, 1.165) is 11.3 Å². The van der Waals surface area contributed by atoms with Gasteiger partial charge in [-0.25, -0.2) is 23.4 Å². The van der Waals surface area contributed by atoms with Crippen molar-refractivity contribution in [1.29, 1.82) is 0 Å². The Kier molecular flexibility index (Phi) is 6.52.